The maximum atomic E-state index is 12.6. The number of amides is 2. The number of nitrogens with one attached hydrogen (secondary N) is 1. The lowest BCUT2D eigenvalue weighted by Gasteiger charge is -2.43. The van der Waals surface area contributed by atoms with Crippen molar-refractivity contribution in [3.63, 3.8) is 0 Å². The molecule has 0 aromatic heterocycles. The number of nitriles is 1. The van der Waals surface area contributed by atoms with Crippen molar-refractivity contribution in [1.29, 1.82) is 5.26 Å². The van der Waals surface area contributed by atoms with Gasteiger partial charge in [-0.2, -0.15) is 5.26 Å². The van der Waals surface area contributed by atoms with E-state index in [2.05, 4.69) is 16.3 Å². The summed E-state index contributed by atoms with van der Waals surface area (Å²) in [6, 6.07) is 7.27. The molecule has 1 aromatic rings. The van der Waals surface area contributed by atoms with Crippen molar-refractivity contribution >= 4 is 11.7 Å². The van der Waals surface area contributed by atoms with Gasteiger partial charge in [0.2, 0.25) is 0 Å². The van der Waals surface area contributed by atoms with Crippen molar-refractivity contribution < 1.29 is 9.90 Å². The van der Waals surface area contributed by atoms with Crippen LogP contribution >= 0.6 is 0 Å². The minimum atomic E-state index is -0.274. The maximum absolute atomic E-state index is 12.6. The normalized spacial score (nSPS) is 20.8. The molecule has 1 fully saturated rings. The van der Waals surface area contributed by atoms with E-state index in [9.17, 15) is 9.90 Å². The molecule has 0 bridgehead atoms. The SMILES string of the molecule is Cc1ccc(NC(=O)N2CCCC(CO)(CN(C)C)C2)cc1C#N. The molecule has 0 spiro atoms. The number of nitrogens with zero attached hydrogens (tertiary/aromatic N) is 3. The zero-order chi connectivity index (χ0) is 17.7. The third-order valence-electron chi connectivity index (χ3n) is 4.54. The molecule has 0 radical (unpaired) electrons. The molecule has 2 rings (SSSR count). The summed E-state index contributed by atoms with van der Waals surface area (Å²) in [6.07, 6.45) is 1.79. The second kappa shape index (κ2) is 7.65. The van der Waals surface area contributed by atoms with Crippen molar-refractivity contribution in [2.75, 3.05) is 45.7 Å². The smallest absolute Gasteiger partial charge is 0.321 e. The molecular formula is C18H26N4O2. The quantitative estimate of drug-likeness (QED) is 0.885. The number of urea groups is 1. The van der Waals surface area contributed by atoms with E-state index < -0.39 is 0 Å². The number of rotatable bonds is 4. The lowest BCUT2D eigenvalue weighted by molar-refractivity contribution is 0.0294. The van der Waals surface area contributed by atoms with Gasteiger partial charge < -0.3 is 20.2 Å². The first-order valence-corrected chi connectivity index (χ1v) is 8.21. The van der Waals surface area contributed by atoms with Gasteiger partial charge in [-0.25, -0.2) is 4.79 Å². The number of carbonyl (C=O) groups is 1. The first kappa shape index (κ1) is 18.2. The fourth-order valence-electron chi connectivity index (χ4n) is 3.38. The molecule has 1 unspecified atom stereocenters. The van der Waals surface area contributed by atoms with E-state index >= 15 is 0 Å². The number of piperidine rings is 1. The van der Waals surface area contributed by atoms with E-state index in [0.717, 1.165) is 24.9 Å². The summed E-state index contributed by atoms with van der Waals surface area (Å²) in [5, 5.41) is 21.8. The van der Waals surface area contributed by atoms with Gasteiger partial charge in [0, 0.05) is 30.7 Å². The van der Waals surface area contributed by atoms with Gasteiger partial charge in [0.05, 0.1) is 18.2 Å². The van der Waals surface area contributed by atoms with Crippen LogP contribution in [-0.2, 0) is 0 Å². The van der Waals surface area contributed by atoms with Crippen LogP contribution in [0.5, 0.6) is 0 Å². The fourth-order valence-corrected chi connectivity index (χ4v) is 3.38. The highest BCUT2D eigenvalue weighted by molar-refractivity contribution is 5.89. The highest BCUT2D eigenvalue weighted by atomic mass is 16.3. The Morgan fingerprint density at radius 3 is 2.88 bits per heavy atom. The topological polar surface area (TPSA) is 79.6 Å². The summed E-state index contributed by atoms with van der Waals surface area (Å²) in [7, 11) is 3.96. The summed E-state index contributed by atoms with van der Waals surface area (Å²) in [5.41, 5.74) is 1.79. The average Bonchev–Trinajstić information content (AvgIpc) is 2.56. The summed E-state index contributed by atoms with van der Waals surface area (Å²) in [6.45, 7) is 3.89. The van der Waals surface area contributed by atoms with Crippen LogP contribution in [0.2, 0.25) is 0 Å². The standard InChI is InChI=1S/C18H26N4O2/c1-14-5-6-16(9-15(14)10-19)20-17(24)22-8-4-7-18(12-22,13-23)11-21(2)3/h5-6,9,23H,4,7-8,11-13H2,1-3H3,(H,20,24). The van der Waals surface area contributed by atoms with Gasteiger partial charge in [0.1, 0.15) is 0 Å². The number of benzene rings is 1. The fraction of sp³-hybridized carbons (Fsp3) is 0.556. The third-order valence-corrected chi connectivity index (χ3v) is 4.54. The number of anilines is 1. The molecule has 1 heterocycles. The Hall–Kier alpha value is -2.10. The third kappa shape index (κ3) is 4.25. The van der Waals surface area contributed by atoms with E-state index in [1.54, 1.807) is 17.0 Å². The lowest BCUT2D eigenvalue weighted by Crippen LogP contribution is -2.52. The molecular weight excluding hydrogens is 304 g/mol. The summed E-state index contributed by atoms with van der Waals surface area (Å²) in [4.78, 5) is 16.4. The first-order chi connectivity index (χ1) is 11.4. The minimum absolute atomic E-state index is 0.0675. The molecule has 1 aromatic carbocycles. The van der Waals surface area contributed by atoms with Crippen molar-refractivity contribution in [1.82, 2.24) is 9.80 Å². The van der Waals surface area contributed by atoms with Crippen LogP contribution in [0.15, 0.2) is 18.2 Å². The second-order valence-electron chi connectivity index (χ2n) is 6.99. The number of aryl methyl sites for hydroxylation is 1. The zero-order valence-corrected chi connectivity index (χ0v) is 14.7. The van der Waals surface area contributed by atoms with Gasteiger partial charge in [-0.05, 0) is 51.6 Å². The Labute approximate surface area is 143 Å². The number of hydrogen-bond acceptors (Lipinski definition) is 4. The molecule has 1 aliphatic heterocycles. The van der Waals surface area contributed by atoms with Gasteiger partial charge in [-0.15, -0.1) is 0 Å². The molecule has 1 atom stereocenters. The van der Waals surface area contributed by atoms with Gasteiger partial charge >= 0.3 is 6.03 Å². The molecule has 2 amide bonds. The number of aliphatic hydroxyl groups is 1. The van der Waals surface area contributed by atoms with Gasteiger partial charge in [0.15, 0.2) is 0 Å². The van der Waals surface area contributed by atoms with E-state index in [1.807, 2.05) is 27.1 Å². The number of likely N-dealkylation sites (tertiary alicyclic amines) is 1. The molecule has 2 N–H and O–H groups in total. The van der Waals surface area contributed by atoms with E-state index in [-0.39, 0.29) is 18.1 Å². The van der Waals surface area contributed by atoms with Crippen LogP contribution in [0.4, 0.5) is 10.5 Å². The van der Waals surface area contributed by atoms with E-state index in [1.165, 1.54) is 0 Å². The summed E-state index contributed by atoms with van der Waals surface area (Å²) in [5.74, 6) is 0. The monoisotopic (exact) mass is 330 g/mol. The summed E-state index contributed by atoms with van der Waals surface area (Å²) < 4.78 is 0. The van der Waals surface area contributed by atoms with Crippen LogP contribution < -0.4 is 5.32 Å². The molecule has 0 saturated carbocycles. The molecule has 130 valence electrons. The van der Waals surface area contributed by atoms with Crippen molar-refractivity contribution in [3.05, 3.63) is 29.3 Å². The second-order valence-corrected chi connectivity index (χ2v) is 6.99. The zero-order valence-electron chi connectivity index (χ0n) is 14.7. The van der Waals surface area contributed by atoms with Crippen molar-refractivity contribution in [2.45, 2.75) is 19.8 Å². The molecule has 6 heteroatoms. The van der Waals surface area contributed by atoms with Crippen molar-refractivity contribution in [2.24, 2.45) is 5.41 Å². The maximum Gasteiger partial charge on any atom is 0.321 e. The Kier molecular flexibility index (Phi) is 5.81. The molecule has 1 saturated heterocycles. The number of aliphatic hydroxyl groups excluding tert-OH is 1. The minimum Gasteiger partial charge on any atom is -0.396 e. The molecule has 6 nitrogen and oxygen atoms in total. The first-order valence-electron chi connectivity index (χ1n) is 8.21. The van der Waals surface area contributed by atoms with Gasteiger partial charge in [0.25, 0.3) is 0 Å². The number of carbonyl (C=O) groups excluding carboxylic acids is 1. The predicted octanol–water partition coefficient (Wildman–Crippen LogP) is 2.03. The van der Waals surface area contributed by atoms with Gasteiger partial charge in [-0.3, -0.25) is 0 Å². The van der Waals surface area contributed by atoms with Crippen LogP contribution in [0.1, 0.15) is 24.0 Å². The van der Waals surface area contributed by atoms with Crippen LogP contribution in [0.25, 0.3) is 0 Å². The van der Waals surface area contributed by atoms with Crippen LogP contribution in [0, 0.1) is 23.7 Å². The largest absolute Gasteiger partial charge is 0.396 e. The number of hydrogen-bond donors (Lipinski definition) is 2. The molecule has 0 aliphatic carbocycles. The van der Waals surface area contributed by atoms with E-state index in [4.69, 9.17) is 5.26 Å². The Morgan fingerprint density at radius 2 is 2.25 bits per heavy atom. The predicted molar refractivity (Wildman–Crippen MR) is 93.8 cm³/mol. The Morgan fingerprint density at radius 1 is 1.50 bits per heavy atom. The van der Waals surface area contributed by atoms with Crippen molar-refractivity contribution in [3.8, 4) is 6.07 Å². The highest BCUT2D eigenvalue weighted by Crippen LogP contribution is 2.30. The van der Waals surface area contributed by atoms with E-state index in [0.29, 0.717) is 24.3 Å². The highest BCUT2D eigenvalue weighted by Gasteiger charge is 2.37. The average molecular weight is 330 g/mol. The Bertz CT molecular complexity index is 638. The van der Waals surface area contributed by atoms with Gasteiger partial charge in [-0.1, -0.05) is 6.07 Å². The summed E-state index contributed by atoms with van der Waals surface area (Å²) >= 11 is 0. The van der Waals surface area contributed by atoms with Crippen LogP contribution in [0.3, 0.4) is 0 Å². The van der Waals surface area contributed by atoms with Crippen LogP contribution in [-0.4, -0.2) is 61.3 Å². The lowest BCUT2D eigenvalue weighted by atomic mass is 9.80. The molecule has 1 aliphatic rings. The molecule has 24 heavy (non-hydrogen) atoms. The Balaban J connectivity index is 2.08.